The molecule has 5 nitrogen and oxygen atoms in total. The SMILES string of the molecule is O=C(O)c1cc(=O)n2cc(O)ccc2c1. The van der Waals surface area contributed by atoms with Gasteiger partial charge in [0.15, 0.2) is 0 Å². The molecule has 0 radical (unpaired) electrons. The van der Waals surface area contributed by atoms with Crippen molar-refractivity contribution >= 4 is 11.5 Å². The van der Waals surface area contributed by atoms with E-state index in [4.69, 9.17) is 10.2 Å². The van der Waals surface area contributed by atoms with Crippen molar-refractivity contribution in [2.75, 3.05) is 0 Å². The summed E-state index contributed by atoms with van der Waals surface area (Å²) in [6.45, 7) is 0. The molecule has 2 rings (SSSR count). The zero-order valence-electron chi connectivity index (χ0n) is 7.54. The molecule has 2 N–H and O–H groups in total. The van der Waals surface area contributed by atoms with Crippen LogP contribution >= 0.6 is 0 Å². The number of fused-ring (bicyclic) bond motifs is 1. The van der Waals surface area contributed by atoms with Crippen molar-refractivity contribution in [1.82, 2.24) is 4.40 Å². The molecule has 2 heterocycles. The van der Waals surface area contributed by atoms with Gasteiger partial charge in [-0.2, -0.15) is 0 Å². The summed E-state index contributed by atoms with van der Waals surface area (Å²) in [4.78, 5) is 22.1. The number of hydrogen-bond acceptors (Lipinski definition) is 3. The summed E-state index contributed by atoms with van der Waals surface area (Å²) in [6.07, 6.45) is 1.24. The van der Waals surface area contributed by atoms with Crippen molar-refractivity contribution in [3.8, 4) is 5.75 Å². The first-order valence-corrected chi connectivity index (χ1v) is 4.16. The van der Waals surface area contributed by atoms with Crippen molar-refractivity contribution in [3.63, 3.8) is 0 Å². The average Bonchev–Trinajstić information content (AvgIpc) is 2.18. The van der Waals surface area contributed by atoms with Gasteiger partial charge in [-0.15, -0.1) is 0 Å². The highest BCUT2D eigenvalue weighted by molar-refractivity contribution is 5.88. The molecule has 76 valence electrons. The summed E-state index contributed by atoms with van der Waals surface area (Å²) >= 11 is 0. The van der Waals surface area contributed by atoms with Gasteiger partial charge in [-0.25, -0.2) is 4.79 Å². The lowest BCUT2D eigenvalue weighted by molar-refractivity contribution is 0.0696. The number of carboxylic acid groups (broad SMARTS) is 1. The van der Waals surface area contributed by atoms with Crippen LogP contribution in [0.2, 0.25) is 0 Å². The zero-order valence-corrected chi connectivity index (χ0v) is 7.54. The van der Waals surface area contributed by atoms with Crippen molar-refractivity contribution < 1.29 is 15.0 Å². The van der Waals surface area contributed by atoms with Gasteiger partial charge >= 0.3 is 5.97 Å². The Labute approximate surface area is 83.8 Å². The number of carbonyl (C=O) groups is 1. The summed E-state index contributed by atoms with van der Waals surface area (Å²) in [6, 6.07) is 5.24. The van der Waals surface area contributed by atoms with Crippen molar-refractivity contribution in [2.24, 2.45) is 0 Å². The molecule has 5 heteroatoms. The standard InChI is InChI=1S/C10H7NO4/c12-8-2-1-7-3-6(10(14)15)4-9(13)11(7)5-8/h1-5,12H,(H,14,15). The molecule has 0 aliphatic heterocycles. The van der Waals surface area contributed by atoms with Crippen LogP contribution in [0.4, 0.5) is 0 Å². The third kappa shape index (κ3) is 1.54. The van der Waals surface area contributed by atoms with Crippen LogP contribution in [0.15, 0.2) is 35.3 Å². The first-order chi connectivity index (χ1) is 7.08. The van der Waals surface area contributed by atoms with Crippen LogP contribution in [0.25, 0.3) is 5.52 Å². The average molecular weight is 205 g/mol. The molecule has 0 saturated carbocycles. The maximum absolute atomic E-state index is 11.4. The van der Waals surface area contributed by atoms with Crippen LogP contribution in [0.3, 0.4) is 0 Å². The summed E-state index contributed by atoms with van der Waals surface area (Å²) in [5.41, 5.74) is -0.121. The fourth-order valence-corrected chi connectivity index (χ4v) is 1.34. The quantitative estimate of drug-likeness (QED) is 0.718. The third-order valence-electron chi connectivity index (χ3n) is 2.03. The van der Waals surface area contributed by atoms with Gasteiger partial charge in [0, 0.05) is 11.6 Å². The lowest BCUT2D eigenvalue weighted by Crippen LogP contribution is -2.14. The number of nitrogens with zero attached hydrogens (tertiary/aromatic N) is 1. The Morgan fingerprint density at radius 1 is 1.27 bits per heavy atom. The van der Waals surface area contributed by atoms with E-state index >= 15 is 0 Å². The van der Waals surface area contributed by atoms with Gasteiger partial charge in [0.05, 0.1) is 11.8 Å². The Bertz CT molecular complexity index is 600. The number of aromatic carboxylic acids is 1. The van der Waals surface area contributed by atoms with E-state index in [0.29, 0.717) is 5.52 Å². The minimum Gasteiger partial charge on any atom is -0.506 e. The second kappa shape index (κ2) is 3.13. The zero-order chi connectivity index (χ0) is 11.0. The van der Waals surface area contributed by atoms with Gasteiger partial charge in [0.25, 0.3) is 5.56 Å². The van der Waals surface area contributed by atoms with Crippen molar-refractivity contribution in [3.05, 3.63) is 46.4 Å². The Hall–Kier alpha value is -2.30. The molecular formula is C10H7NO4. The molecule has 0 aliphatic rings. The fraction of sp³-hybridized carbons (Fsp3) is 0. The molecule has 0 bridgehead atoms. The Balaban J connectivity index is 2.84. The molecule has 0 aromatic carbocycles. The minimum absolute atomic E-state index is 0.0484. The molecule has 0 saturated heterocycles. The molecule has 0 unspecified atom stereocenters. The molecule has 0 aliphatic carbocycles. The summed E-state index contributed by atoms with van der Waals surface area (Å²) in [7, 11) is 0. The van der Waals surface area contributed by atoms with E-state index < -0.39 is 11.5 Å². The van der Waals surface area contributed by atoms with Crippen molar-refractivity contribution in [2.45, 2.75) is 0 Å². The van der Waals surface area contributed by atoms with Crippen LogP contribution in [0.5, 0.6) is 5.75 Å². The highest BCUT2D eigenvalue weighted by Crippen LogP contribution is 2.10. The van der Waals surface area contributed by atoms with Crippen LogP contribution in [-0.2, 0) is 0 Å². The molecular weight excluding hydrogens is 198 g/mol. The van der Waals surface area contributed by atoms with Crippen LogP contribution in [0, 0.1) is 0 Å². The highest BCUT2D eigenvalue weighted by atomic mass is 16.4. The molecule has 0 amide bonds. The summed E-state index contributed by atoms with van der Waals surface area (Å²) < 4.78 is 1.18. The van der Waals surface area contributed by atoms with Gasteiger partial charge in [0.1, 0.15) is 5.75 Å². The lowest BCUT2D eigenvalue weighted by Gasteiger charge is -2.02. The van der Waals surface area contributed by atoms with Gasteiger partial charge < -0.3 is 10.2 Å². The molecule has 2 aromatic rings. The maximum atomic E-state index is 11.4. The number of pyridine rings is 2. The van der Waals surface area contributed by atoms with Crippen LogP contribution in [-0.4, -0.2) is 20.6 Å². The maximum Gasteiger partial charge on any atom is 0.335 e. The smallest absolute Gasteiger partial charge is 0.335 e. The second-order valence-electron chi connectivity index (χ2n) is 3.07. The molecule has 0 atom stereocenters. The van der Waals surface area contributed by atoms with E-state index in [1.807, 2.05) is 0 Å². The Morgan fingerprint density at radius 2 is 2.00 bits per heavy atom. The normalized spacial score (nSPS) is 10.4. The number of carboxylic acids is 1. The van der Waals surface area contributed by atoms with Crippen LogP contribution < -0.4 is 5.56 Å². The topological polar surface area (TPSA) is 79.0 Å². The highest BCUT2D eigenvalue weighted by Gasteiger charge is 2.06. The van der Waals surface area contributed by atoms with Crippen molar-refractivity contribution in [1.29, 1.82) is 0 Å². The first kappa shape index (κ1) is 9.26. The van der Waals surface area contributed by atoms with E-state index in [1.54, 1.807) is 0 Å². The van der Waals surface area contributed by atoms with E-state index in [0.717, 1.165) is 6.07 Å². The minimum atomic E-state index is -1.15. The first-order valence-electron chi connectivity index (χ1n) is 4.16. The van der Waals surface area contributed by atoms with E-state index in [-0.39, 0.29) is 11.3 Å². The number of aromatic hydroxyl groups is 1. The molecule has 0 fully saturated rings. The van der Waals surface area contributed by atoms with Gasteiger partial charge in [0.2, 0.25) is 0 Å². The van der Waals surface area contributed by atoms with Gasteiger partial charge in [-0.05, 0) is 18.2 Å². The molecule has 15 heavy (non-hydrogen) atoms. The van der Waals surface area contributed by atoms with E-state index in [9.17, 15) is 9.59 Å². The largest absolute Gasteiger partial charge is 0.506 e. The molecule has 0 spiro atoms. The fourth-order valence-electron chi connectivity index (χ4n) is 1.34. The Morgan fingerprint density at radius 3 is 2.67 bits per heavy atom. The molecule has 2 aromatic heterocycles. The monoisotopic (exact) mass is 205 g/mol. The van der Waals surface area contributed by atoms with Gasteiger partial charge in [-0.1, -0.05) is 0 Å². The predicted octanol–water partition coefficient (Wildman–Crippen LogP) is 0.703. The third-order valence-corrected chi connectivity index (χ3v) is 2.03. The predicted molar refractivity (Wildman–Crippen MR) is 52.3 cm³/mol. The second-order valence-corrected chi connectivity index (χ2v) is 3.07. The summed E-state index contributed by atoms with van der Waals surface area (Å²) in [5, 5.41) is 17.9. The van der Waals surface area contributed by atoms with E-state index in [1.165, 1.54) is 28.8 Å². The number of hydrogen-bond donors (Lipinski definition) is 2. The number of rotatable bonds is 1. The lowest BCUT2D eigenvalue weighted by atomic mass is 10.2. The number of aromatic nitrogens is 1. The summed E-state index contributed by atoms with van der Waals surface area (Å²) in [5.74, 6) is -1.20. The van der Waals surface area contributed by atoms with E-state index in [2.05, 4.69) is 0 Å². The van der Waals surface area contributed by atoms with Crippen LogP contribution in [0.1, 0.15) is 10.4 Å². The van der Waals surface area contributed by atoms with Gasteiger partial charge in [-0.3, -0.25) is 9.20 Å². The Kier molecular flexibility index (Phi) is 1.93.